The van der Waals surface area contributed by atoms with Gasteiger partial charge < -0.3 is 9.84 Å². The molecule has 2 N–H and O–H groups in total. The first-order valence-electron chi connectivity index (χ1n) is 9.22. The van der Waals surface area contributed by atoms with Crippen LogP contribution in [0.4, 0.5) is 0 Å². The van der Waals surface area contributed by atoms with Gasteiger partial charge in [-0.2, -0.15) is 0 Å². The van der Waals surface area contributed by atoms with Crippen molar-refractivity contribution in [3.8, 4) is 0 Å². The number of β-lactam (4-membered cyclic amide) rings is 1. The summed E-state index contributed by atoms with van der Waals surface area (Å²) in [5.74, 6) is 2.45. The van der Waals surface area contributed by atoms with Gasteiger partial charge in [0.15, 0.2) is 12.6 Å². The average Bonchev–Trinajstić information content (AvgIpc) is 3.02. The molecule has 0 radical (unpaired) electrons. The number of quaternary nitrogens is 1. The first-order chi connectivity index (χ1) is 13.9. The van der Waals surface area contributed by atoms with Crippen molar-refractivity contribution in [2.24, 2.45) is 10.2 Å². The Kier molecular flexibility index (Phi) is 6.59. The van der Waals surface area contributed by atoms with Gasteiger partial charge in [0.1, 0.15) is 11.1 Å². The number of allylic oxidation sites excluding steroid dienone is 1. The lowest BCUT2D eigenvalue weighted by atomic mass is 10.1. The van der Waals surface area contributed by atoms with Gasteiger partial charge in [-0.3, -0.25) is 9.69 Å². The Balaban J connectivity index is 1.74. The molecule has 0 aliphatic carbocycles. The molecule has 1 unspecified atom stereocenters. The number of aliphatic carboxylic acids is 1. The van der Waals surface area contributed by atoms with Crippen LogP contribution >= 0.6 is 23.5 Å². The van der Waals surface area contributed by atoms with Crippen molar-refractivity contribution in [2.45, 2.75) is 31.7 Å². The van der Waals surface area contributed by atoms with Crippen molar-refractivity contribution in [3.05, 3.63) is 17.3 Å². The van der Waals surface area contributed by atoms with E-state index in [1.165, 1.54) is 35.5 Å². The highest BCUT2D eigenvalue weighted by atomic mass is 32.2. The largest absolute Gasteiger partial charge is 0.477 e. The molecule has 29 heavy (non-hydrogen) atoms. The molecule has 3 aliphatic heterocycles. The summed E-state index contributed by atoms with van der Waals surface area (Å²) in [6.45, 7) is 4.61. The topological polar surface area (TPSA) is 107 Å². The summed E-state index contributed by atoms with van der Waals surface area (Å²) in [6, 6.07) is 0. The highest BCUT2D eigenvalue weighted by Gasteiger charge is 2.54. The number of ether oxygens (including phenoxy) is 1. The van der Waals surface area contributed by atoms with Gasteiger partial charge in [-0.1, -0.05) is 29.3 Å². The van der Waals surface area contributed by atoms with Crippen LogP contribution in [0.1, 0.15) is 20.3 Å². The summed E-state index contributed by atoms with van der Waals surface area (Å²) >= 11 is 2.93. The number of carboxylic acid groups (broad SMARTS) is 1. The maximum Gasteiger partial charge on any atom is 0.352 e. The van der Waals surface area contributed by atoms with E-state index in [1.807, 2.05) is 32.0 Å². The Labute approximate surface area is 177 Å². The molecule has 0 bridgehead atoms. The second-order valence-corrected chi connectivity index (χ2v) is 8.57. The number of carbonyl (C=O) groups excluding carboxylic acids is 1. The summed E-state index contributed by atoms with van der Waals surface area (Å²) < 4.78 is 5.17. The number of carbonyl (C=O) groups is 2. The van der Waals surface area contributed by atoms with Crippen molar-refractivity contribution >= 4 is 46.4 Å². The number of methoxy groups -OCH3 is 1. The molecule has 0 saturated carbocycles. The van der Waals surface area contributed by atoms with Crippen LogP contribution in [0.3, 0.4) is 0 Å². The van der Waals surface area contributed by atoms with E-state index in [4.69, 9.17) is 4.74 Å². The van der Waals surface area contributed by atoms with Crippen molar-refractivity contribution in [3.63, 3.8) is 0 Å². The summed E-state index contributed by atoms with van der Waals surface area (Å²) in [5.41, 5.74) is 3.77. The van der Waals surface area contributed by atoms with Crippen LogP contribution in [0.25, 0.3) is 0 Å². The highest BCUT2D eigenvalue weighted by molar-refractivity contribution is 8.14. The number of nitrogens with zero attached hydrogens (tertiary/aromatic N) is 5. The van der Waals surface area contributed by atoms with E-state index in [9.17, 15) is 14.7 Å². The fourth-order valence-electron chi connectivity index (χ4n) is 3.20. The fraction of sp³-hybridized carbons (Fsp3) is 0.588. The molecular weight excluding hydrogens is 416 g/mol. The second kappa shape index (κ2) is 8.80. The van der Waals surface area contributed by atoms with Crippen LogP contribution in [-0.2, 0) is 14.3 Å². The molecule has 1 fully saturated rings. The van der Waals surface area contributed by atoms with E-state index >= 15 is 0 Å². The monoisotopic (exact) mass is 441 g/mol. The molecular formula is C17H25N6O4S2+. The van der Waals surface area contributed by atoms with Gasteiger partial charge in [0.25, 0.3) is 5.91 Å². The number of thioether (sulfide) groups is 2. The second-order valence-electron chi connectivity index (χ2n) is 6.52. The lowest BCUT2D eigenvalue weighted by Gasteiger charge is -2.48. The molecule has 0 spiro atoms. The minimum absolute atomic E-state index is 0.0562. The minimum Gasteiger partial charge on any atom is -0.477 e. The Bertz CT molecular complexity index is 825. The molecule has 1 amide bonds. The van der Waals surface area contributed by atoms with Crippen LogP contribution in [0, 0.1) is 0 Å². The van der Waals surface area contributed by atoms with E-state index in [1.54, 1.807) is 0 Å². The van der Waals surface area contributed by atoms with Gasteiger partial charge in [0.05, 0.1) is 7.05 Å². The zero-order chi connectivity index (χ0) is 21.2. The number of rotatable bonds is 7. The van der Waals surface area contributed by atoms with Gasteiger partial charge in [-0.15, -0.1) is 16.8 Å². The molecule has 12 heteroatoms. The number of fused-ring (bicyclic) bond motifs is 1. The Hall–Kier alpha value is -1.98. The number of nitrogens with one attached hydrogen (secondary N) is 1. The number of carboxylic acids is 1. The van der Waals surface area contributed by atoms with Crippen LogP contribution in [0.5, 0.6) is 0 Å². The van der Waals surface area contributed by atoms with Crippen LogP contribution in [-0.4, -0.2) is 86.4 Å². The van der Waals surface area contributed by atoms with Gasteiger partial charge in [0.2, 0.25) is 5.17 Å². The lowest BCUT2D eigenvalue weighted by Crippen LogP contribution is -2.65. The predicted octanol–water partition coefficient (Wildman–Crippen LogP) is 1.01. The van der Waals surface area contributed by atoms with Gasteiger partial charge in [-0.25, -0.2) is 4.79 Å². The molecule has 158 valence electrons. The van der Waals surface area contributed by atoms with Crippen molar-refractivity contribution in [2.75, 3.05) is 32.2 Å². The average molecular weight is 442 g/mol. The number of hydrogen-bond donors (Lipinski definition) is 2. The number of hydrazone groups is 1. The van der Waals surface area contributed by atoms with E-state index < -0.39 is 12.1 Å². The number of hydrogen-bond acceptors (Lipinski definition) is 9. The molecule has 3 rings (SSSR count). The maximum absolute atomic E-state index is 12.3. The number of amidine groups is 1. The van der Waals surface area contributed by atoms with Crippen molar-refractivity contribution in [1.29, 1.82) is 0 Å². The fourth-order valence-corrected chi connectivity index (χ4v) is 5.67. The zero-order valence-electron chi connectivity index (χ0n) is 16.8. The summed E-state index contributed by atoms with van der Waals surface area (Å²) in [5, 5.41) is 20.8. The molecule has 3 atom stereocenters. The van der Waals surface area contributed by atoms with E-state index in [-0.39, 0.29) is 21.8 Å². The molecule has 10 nitrogen and oxygen atoms in total. The quantitative estimate of drug-likeness (QED) is 0.343. The highest BCUT2D eigenvalue weighted by Crippen LogP contribution is 2.42. The molecule has 0 aromatic carbocycles. The smallest absolute Gasteiger partial charge is 0.352 e. The zero-order valence-corrected chi connectivity index (χ0v) is 18.4. The molecule has 0 aromatic heterocycles. The van der Waals surface area contributed by atoms with Gasteiger partial charge >= 0.3 is 5.97 Å². The predicted molar refractivity (Wildman–Crippen MR) is 112 cm³/mol. The summed E-state index contributed by atoms with van der Waals surface area (Å²) in [4.78, 5) is 25.5. The van der Waals surface area contributed by atoms with Crippen molar-refractivity contribution in [1.82, 2.24) is 15.4 Å². The maximum atomic E-state index is 12.3. The number of amides is 1. The third-order valence-corrected chi connectivity index (χ3v) is 7.29. The Morgan fingerprint density at radius 1 is 1.59 bits per heavy atom. The van der Waals surface area contributed by atoms with Crippen LogP contribution < -0.4 is 5.53 Å². The molecule has 3 aliphatic rings. The first-order valence-corrected chi connectivity index (χ1v) is 11.3. The van der Waals surface area contributed by atoms with Gasteiger partial charge in [-0.05, 0) is 25.0 Å². The summed E-state index contributed by atoms with van der Waals surface area (Å²) in [7, 11) is 3.33. The van der Waals surface area contributed by atoms with Gasteiger partial charge in [0, 0.05) is 34.4 Å². The van der Waals surface area contributed by atoms with Crippen LogP contribution in [0.2, 0.25) is 0 Å². The molecule has 3 heterocycles. The molecule has 1 saturated heterocycles. The van der Waals surface area contributed by atoms with Crippen LogP contribution in [0.15, 0.2) is 27.5 Å². The minimum atomic E-state index is -1.10. The lowest BCUT2D eigenvalue weighted by molar-refractivity contribution is -1.05. The normalized spacial score (nSPS) is 28.3. The molecule has 0 aromatic rings. The van der Waals surface area contributed by atoms with E-state index in [2.05, 4.69) is 21.6 Å². The third-order valence-electron chi connectivity index (χ3n) is 4.87. The van der Waals surface area contributed by atoms with Crippen molar-refractivity contribution < 1.29 is 24.2 Å². The Morgan fingerprint density at radius 2 is 2.34 bits per heavy atom. The van der Waals surface area contributed by atoms with E-state index in [0.29, 0.717) is 28.8 Å². The Morgan fingerprint density at radius 3 is 2.97 bits per heavy atom. The van der Waals surface area contributed by atoms with E-state index in [0.717, 1.165) is 6.42 Å². The first kappa shape index (κ1) is 21.7. The third kappa shape index (κ3) is 3.78. The SMILES string of the molecule is CCC=C=N[N+]1(CC)NN=C(SCC2=C(C(=O)O)N3C(=O)[C@@H](OC)[C@@H]3SC2)N1C. The standard InChI is InChI=1S/C17H24N6O4S2/c1-5-7-8-18-23(6-2)20-19-17(21(23)3)29-10-11-9-28-15-13(27-4)14(24)22(15)12(11)16(25)26/h7,13,15,20H,5-6,9-10H2,1-4H3/p+1/t13-,15+,23?/m1/s1. The summed E-state index contributed by atoms with van der Waals surface area (Å²) in [6.07, 6.45) is 2.10.